The van der Waals surface area contributed by atoms with Gasteiger partial charge in [-0.25, -0.2) is 4.39 Å². The summed E-state index contributed by atoms with van der Waals surface area (Å²) in [7, 11) is 0. The zero-order valence-electron chi connectivity index (χ0n) is 10.7. The highest BCUT2D eigenvalue weighted by atomic mass is 19.1. The molecule has 0 aliphatic carbocycles. The number of hydrogen-bond acceptors (Lipinski definition) is 2. The smallest absolute Gasteiger partial charge is 0.146 e. The summed E-state index contributed by atoms with van der Waals surface area (Å²) in [6.45, 7) is 7.00. The summed E-state index contributed by atoms with van der Waals surface area (Å²) in [5, 5.41) is 3.36. The number of nitrogens with zero attached hydrogens (tertiary/aromatic N) is 1. The van der Waals surface area contributed by atoms with Crippen molar-refractivity contribution in [2.45, 2.75) is 39.3 Å². The van der Waals surface area contributed by atoms with Crippen molar-refractivity contribution < 1.29 is 4.39 Å². The highest BCUT2D eigenvalue weighted by Crippen LogP contribution is 2.24. The molecule has 1 heterocycles. The van der Waals surface area contributed by atoms with Gasteiger partial charge in [-0.05, 0) is 30.5 Å². The first kappa shape index (κ1) is 12.4. The number of nitrogens with one attached hydrogen (secondary N) is 1. The van der Waals surface area contributed by atoms with Gasteiger partial charge in [0.05, 0.1) is 5.69 Å². The lowest BCUT2D eigenvalue weighted by Crippen LogP contribution is -2.23. The fourth-order valence-corrected chi connectivity index (χ4v) is 2.19. The van der Waals surface area contributed by atoms with Crippen molar-refractivity contribution in [2.75, 3.05) is 18.0 Å². The fraction of sp³-hybridized carbons (Fsp3) is 0.571. The summed E-state index contributed by atoms with van der Waals surface area (Å²) in [4.78, 5) is 2.15. The summed E-state index contributed by atoms with van der Waals surface area (Å²) < 4.78 is 13.8. The molecule has 1 fully saturated rings. The van der Waals surface area contributed by atoms with Crippen LogP contribution in [0.4, 0.5) is 10.1 Å². The van der Waals surface area contributed by atoms with Gasteiger partial charge < -0.3 is 10.2 Å². The molecule has 0 saturated carbocycles. The van der Waals surface area contributed by atoms with Gasteiger partial charge in [0.1, 0.15) is 5.82 Å². The normalized spacial score (nSPS) is 15.9. The Labute approximate surface area is 103 Å². The van der Waals surface area contributed by atoms with Gasteiger partial charge >= 0.3 is 0 Å². The maximum absolute atomic E-state index is 13.8. The summed E-state index contributed by atoms with van der Waals surface area (Å²) in [6.07, 6.45) is 2.35. The lowest BCUT2D eigenvalue weighted by molar-refractivity contribution is 0.585. The van der Waals surface area contributed by atoms with Crippen molar-refractivity contribution in [3.05, 3.63) is 29.6 Å². The fourth-order valence-electron chi connectivity index (χ4n) is 2.19. The molecule has 1 saturated heterocycles. The Balaban J connectivity index is 2.11. The van der Waals surface area contributed by atoms with Gasteiger partial charge in [-0.15, -0.1) is 0 Å². The van der Waals surface area contributed by atoms with Crippen LogP contribution >= 0.6 is 0 Å². The van der Waals surface area contributed by atoms with E-state index in [0.717, 1.165) is 30.9 Å². The minimum Gasteiger partial charge on any atom is -0.369 e. The number of hydrogen-bond donors (Lipinski definition) is 1. The molecule has 17 heavy (non-hydrogen) atoms. The van der Waals surface area contributed by atoms with E-state index in [4.69, 9.17) is 0 Å². The molecule has 3 heteroatoms. The maximum Gasteiger partial charge on any atom is 0.146 e. The zero-order valence-corrected chi connectivity index (χ0v) is 10.7. The average molecular weight is 236 g/mol. The first-order chi connectivity index (χ1) is 8.16. The van der Waals surface area contributed by atoms with E-state index in [0.29, 0.717) is 6.04 Å². The second-order valence-corrected chi connectivity index (χ2v) is 5.02. The van der Waals surface area contributed by atoms with Crippen LogP contribution in [0.5, 0.6) is 0 Å². The molecule has 1 aliphatic rings. The van der Waals surface area contributed by atoms with E-state index in [-0.39, 0.29) is 5.82 Å². The molecule has 2 nitrogen and oxygen atoms in total. The topological polar surface area (TPSA) is 15.3 Å². The third-order valence-electron chi connectivity index (χ3n) is 3.17. The Bertz CT molecular complexity index is 370. The molecule has 1 aromatic carbocycles. The molecule has 0 amide bonds. The van der Waals surface area contributed by atoms with Gasteiger partial charge in [0.25, 0.3) is 0 Å². The number of benzene rings is 1. The minimum atomic E-state index is -0.0970. The molecule has 1 N–H and O–H groups in total. The van der Waals surface area contributed by atoms with Gasteiger partial charge in [-0.3, -0.25) is 0 Å². The van der Waals surface area contributed by atoms with Gasteiger partial charge in [0, 0.05) is 25.7 Å². The number of rotatable bonds is 4. The van der Waals surface area contributed by atoms with E-state index in [2.05, 4.69) is 24.1 Å². The van der Waals surface area contributed by atoms with Crippen molar-refractivity contribution in [3.8, 4) is 0 Å². The highest BCUT2D eigenvalue weighted by molar-refractivity contribution is 5.50. The lowest BCUT2D eigenvalue weighted by atomic mass is 10.1. The Hall–Kier alpha value is -1.09. The Kier molecular flexibility index (Phi) is 4.00. The van der Waals surface area contributed by atoms with Gasteiger partial charge in [-0.2, -0.15) is 0 Å². The molecule has 0 radical (unpaired) electrons. The Morgan fingerprint density at radius 2 is 2.00 bits per heavy atom. The largest absolute Gasteiger partial charge is 0.369 e. The van der Waals surface area contributed by atoms with E-state index in [1.807, 2.05) is 12.1 Å². The molecule has 0 bridgehead atoms. The molecule has 0 unspecified atom stereocenters. The van der Waals surface area contributed by atoms with Crippen LogP contribution in [0.15, 0.2) is 18.2 Å². The molecular formula is C14H21FN2. The minimum absolute atomic E-state index is 0.0970. The van der Waals surface area contributed by atoms with Gasteiger partial charge in [-0.1, -0.05) is 19.9 Å². The third-order valence-corrected chi connectivity index (χ3v) is 3.17. The summed E-state index contributed by atoms with van der Waals surface area (Å²) >= 11 is 0. The van der Waals surface area contributed by atoms with Crippen molar-refractivity contribution in [3.63, 3.8) is 0 Å². The summed E-state index contributed by atoms with van der Waals surface area (Å²) in [5.41, 5.74) is 1.92. The standard InChI is InChI=1S/C14H21FN2/c1-11(2)16-10-12-5-6-13(15)14(9-12)17-7-3-4-8-17/h5-6,9,11,16H,3-4,7-8,10H2,1-2H3. The van der Waals surface area contributed by atoms with Crippen LogP contribution in [0.3, 0.4) is 0 Å². The van der Waals surface area contributed by atoms with E-state index < -0.39 is 0 Å². The van der Waals surface area contributed by atoms with E-state index >= 15 is 0 Å². The van der Waals surface area contributed by atoms with Crippen LogP contribution < -0.4 is 10.2 Å². The van der Waals surface area contributed by atoms with Gasteiger partial charge in [0.2, 0.25) is 0 Å². The maximum atomic E-state index is 13.8. The SMILES string of the molecule is CC(C)NCc1ccc(F)c(N2CCCC2)c1. The predicted octanol–water partition coefficient (Wildman–Crippen LogP) is 2.92. The van der Waals surface area contributed by atoms with Crippen LogP contribution in [0.25, 0.3) is 0 Å². The summed E-state index contributed by atoms with van der Waals surface area (Å²) in [6, 6.07) is 5.89. The second kappa shape index (κ2) is 5.50. The molecule has 0 spiro atoms. The average Bonchev–Trinajstić information content (AvgIpc) is 2.81. The van der Waals surface area contributed by atoms with E-state index in [1.165, 1.54) is 12.8 Å². The zero-order chi connectivity index (χ0) is 12.3. The van der Waals surface area contributed by atoms with Crippen LogP contribution in [0, 0.1) is 5.82 Å². The first-order valence-electron chi connectivity index (χ1n) is 6.43. The van der Waals surface area contributed by atoms with Crippen LogP contribution in [-0.2, 0) is 6.54 Å². The molecule has 0 atom stereocenters. The third kappa shape index (κ3) is 3.19. The first-order valence-corrected chi connectivity index (χ1v) is 6.43. The summed E-state index contributed by atoms with van der Waals surface area (Å²) in [5.74, 6) is -0.0970. The quantitative estimate of drug-likeness (QED) is 0.864. The lowest BCUT2D eigenvalue weighted by Gasteiger charge is -2.19. The number of anilines is 1. The van der Waals surface area contributed by atoms with Crippen molar-refractivity contribution in [1.82, 2.24) is 5.32 Å². The molecular weight excluding hydrogens is 215 g/mol. The van der Waals surface area contributed by atoms with Crippen molar-refractivity contribution >= 4 is 5.69 Å². The van der Waals surface area contributed by atoms with Crippen LogP contribution in [0.1, 0.15) is 32.3 Å². The van der Waals surface area contributed by atoms with E-state index in [1.54, 1.807) is 6.07 Å². The molecule has 0 aromatic heterocycles. The van der Waals surface area contributed by atoms with E-state index in [9.17, 15) is 4.39 Å². The molecule has 2 rings (SSSR count). The Morgan fingerprint density at radius 1 is 1.29 bits per heavy atom. The molecule has 1 aliphatic heterocycles. The monoisotopic (exact) mass is 236 g/mol. The number of halogens is 1. The highest BCUT2D eigenvalue weighted by Gasteiger charge is 2.16. The van der Waals surface area contributed by atoms with Crippen LogP contribution in [0.2, 0.25) is 0 Å². The molecule has 94 valence electrons. The van der Waals surface area contributed by atoms with Crippen molar-refractivity contribution in [1.29, 1.82) is 0 Å². The van der Waals surface area contributed by atoms with Crippen molar-refractivity contribution in [2.24, 2.45) is 0 Å². The van der Waals surface area contributed by atoms with Gasteiger partial charge in [0.15, 0.2) is 0 Å². The second-order valence-electron chi connectivity index (χ2n) is 5.02. The Morgan fingerprint density at radius 3 is 2.65 bits per heavy atom. The molecule has 1 aromatic rings. The van der Waals surface area contributed by atoms with Crippen LogP contribution in [-0.4, -0.2) is 19.1 Å². The predicted molar refractivity (Wildman–Crippen MR) is 69.8 cm³/mol.